The van der Waals surface area contributed by atoms with E-state index >= 15 is 0 Å². The van der Waals surface area contributed by atoms with Gasteiger partial charge < -0.3 is 19.1 Å². The minimum Gasteiger partial charge on any atom is -0.494 e. The molecule has 2 heterocycles. The van der Waals surface area contributed by atoms with Crippen LogP contribution in [0.15, 0.2) is 24.5 Å². The third-order valence-corrected chi connectivity index (χ3v) is 5.63. The van der Waals surface area contributed by atoms with Gasteiger partial charge in [-0.15, -0.1) is 0 Å². The van der Waals surface area contributed by atoms with Crippen molar-refractivity contribution in [2.24, 2.45) is 5.41 Å². The molecule has 1 aromatic heterocycles. The van der Waals surface area contributed by atoms with Crippen LogP contribution in [0.1, 0.15) is 50.7 Å². The minimum absolute atomic E-state index is 0.131. The highest BCUT2D eigenvalue weighted by Crippen LogP contribution is 2.36. The Bertz CT molecular complexity index is 761. The Morgan fingerprint density at radius 3 is 2.67 bits per heavy atom. The van der Waals surface area contributed by atoms with Crippen molar-refractivity contribution in [1.82, 2.24) is 9.55 Å². The molecule has 0 spiro atoms. The maximum absolute atomic E-state index is 10.1. The van der Waals surface area contributed by atoms with Crippen molar-refractivity contribution in [3.8, 4) is 17.1 Å². The summed E-state index contributed by atoms with van der Waals surface area (Å²) in [5.41, 5.74) is 3.36. The summed E-state index contributed by atoms with van der Waals surface area (Å²) in [6, 6.07) is 4.35. The highest BCUT2D eigenvalue weighted by molar-refractivity contribution is 5.64. The van der Waals surface area contributed by atoms with Crippen LogP contribution >= 0.6 is 0 Å². The Labute approximate surface area is 162 Å². The van der Waals surface area contributed by atoms with Gasteiger partial charge in [0.25, 0.3) is 0 Å². The number of benzene rings is 1. The van der Waals surface area contributed by atoms with Crippen LogP contribution in [-0.2, 0) is 11.3 Å². The largest absolute Gasteiger partial charge is 0.494 e. The second-order valence-electron chi connectivity index (χ2n) is 7.94. The lowest BCUT2D eigenvalue weighted by atomic mass is 9.81. The van der Waals surface area contributed by atoms with Crippen molar-refractivity contribution >= 4 is 0 Å². The fraction of sp³-hybridized carbons (Fsp3) is 0.591. The van der Waals surface area contributed by atoms with E-state index in [9.17, 15) is 5.11 Å². The highest BCUT2D eigenvalue weighted by atomic mass is 16.5. The van der Waals surface area contributed by atoms with E-state index in [-0.39, 0.29) is 12.0 Å². The van der Waals surface area contributed by atoms with Gasteiger partial charge in [0.15, 0.2) is 0 Å². The van der Waals surface area contributed by atoms with Gasteiger partial charge in [0.2, 0.25) is 0 Å². The lowest BCUT2D eigenvalue weighted by Crippen LogP contribution is -2.37. The van der Waals surface area contributed by atoms with Crippen LogP contribution in [-0.4, -0.2) is 41.1 Å². The summed E-state index contributed by atoms with van der Waals surface area (Å²) in [7, 11) is 0. The maximum Gasteiger partial charge on any atom is 0.140 e. The Morgan fingerprint density at radius 2 is 2.04 bits per heavy atom. The summed E-state index contributed by atoms with van der Waals surface area (Å²) < 4.78 is 13.6. The average Bonchev–Trinajstić information content (AvgIpc) is 3.10. The van der Waals surface area contributed by atoms with Gasteiger partial charge in [-0.25, -0.2) is 4.98 Å². The number of imidazole rings is 1. The molecule has 148 valence electrons. The normalized spacial score (nSPS) is 16.7. The van der Waals surface area contributed by atoms with E-state index in [0.29, 0.717) is 25.7 Å². The summed E-state index contributed by atoms with van der Waals surface area (Å²) in [4.78, 5) is 4.66. The molecule has 0 radical (unpaired) electrons. The number of ether oxygens (including phenoxy) is 2. The van der Waals surface area contributed by atoms with Gasteiger partial charge in [0.1, 0.15) is 11.6 Å². The number of aryl methyl sites for hydroxylation is 1. The smallest absolute Gasteiger partial charge is 0.140 e. The number of aliphatic hydroxyl groups excluding tert-OH is 1. The van der Waals surface area contributed by atoms with Crippen molar-refractivity contribution < 1.29 is 14.6 Å². The molecular weight excluding hydrogens is 340 g/mol. The Balaban J connectivity index is 1.98. The molecule has 5 heteroatoms. The number of rotatable bonds is 7. The van der Waals surface area contributed by atoms with Gasteiger partial charge in [0, 0.05) is 43.1 Å². The van der Waals surface area contributed by atoms with Crippen molar-refractivity contribution in [1.29, 1.82) is 0 Å². The molecule has 0 saturated carbocycles. The molecule has 1 N–H and O–H groups in total. The lowest BCUT2D eigenvalue weighted by molar-refractivity contribution is -0.0250. The van der Waals surface area contributed by atoms with Gasteiger partial charge in [-0.2, -0.15) is 0 Å². The van der Waals surface area contributed by atoms with Gasteiger partial charge in [-0.05, 0) is 55.9 Å². The van der Waals surface area contributed by atoms with E-state index in [1.54, 1.807) is 0 Å². The van der Waals surface area contributed by atoms with Crippen molar-refractivity contribution in [3.63, 3.8) is 0 Å². The number of aromatic nitrogens is 2. The zero-order chi connectivity index (χ0) is 19.4. The van der Waals surface area contributed by atoms with Gasteiger partial charge in [-0.1, -0.05) is 13.8 Å². The zero-order valence-electron chi connectivity index (χ0n) is 17.0. The van der Waals surface area contributed by atoms with E-state index in [4.69, 9.17) is 9.47 Å². The molecule has 2 aromatic rings. The number of hydrogen-bond acceptors (Lipinski definition) is 4. The molecule has 0 bridgehead atoms. The summed E-state index contributed by atoms with van der Waals surface area (Å²) >= 11 is 0. The molecule has 0 unspecified atom stereocenters. The van der Waals surface area contributed by atoms with Crippen LogP contribution in [0.25, 0.3) is 11.4 Å². The molecule has 0 aliphatic carbocycles. The standard InChI is InChI=1S/C22H32N2O3/c1-5-27-20-12-17(4)19(13-18(20)16(2)3)21-23-8-9-24(21)14-22(15-25)6-10-26-11-7-22/h8-9,12-13,16,25H,5-7,10-11,14-15H2,1-4H3. The summed E-state index contributed by atoms with van der Waals surface area (Å²) in [5.74, 6) is 2.29. The monoisotopic (exact) mass is 372 g/mol. The van der Waals surface area contributed by atoms with Crippen molar-refractivity contribution in [3.05, 3.63) is 35.7 Å². The van der Waals surface area contributed by atoms with Crippen LogP contribution in [0, 0.1) is 12.3 Å². The summed E-state index contributed by atoms with van der Waals surface area (Å²) in [5, 5.41) is 10.1. The van der Waals surface area contributed by atoms with Gasteiger partial charge >= 0.3 is 0 Å². The SMILES string of the molecule is CCOc1cc(C)c(-c2nccn2CC2(CO)CCOCC2)cc1C(C)C. The van der Waals surface area contributed by atoms with E-state index in [0.717, 1.165) is 42.1 Å². The third kappa shape index (κ3) is 4.19. The maximum atomic E-state index is 10.1. The van der Waals surface area contributed by atoms with Gasteiger partial charge in [0.05, 0.1) is 13.2 Å². The van der Waals surface area contributed by atoms with Crippen LogP contribution < -0.4 is 4.74 Å². The quantitative estimate of drug-likeness (QED) is 0.792. The predicted molar refractivity (Wildman–Crippen MR) is 107 cm³/mol. The minimum atomic E-state index is -0.131. The molecule has 0 atom stereocenters. The second kappa shape index (κ2) is 8.44. The summed E-state index contributed by atoms with van der Waals surface area (Å²) in [6.45, 7) is 11.5. The van der Waals surface area contributed by atoms with Crippen LogP contribution in [0.2, 0.25) is 0 Å². The summed E-state index contributed by atoms with van der Waals surface area (Å²) in [6.07, 6.45) is 5.62. The van der Waals surface area contributed by atoms with Crippen LogP contribution in [0.4, 0.5) is 0 Å². The highest BCUT2D eigenvalue weighted by Gasteiger charge is 2.33. The van der Waals surface area contributed by atoms with Gasteiger partial charge in [-0.3, -0.25) is 0 Å². The Morgan fingerprint density at radius 1 is 1.30 bits per heavy atom. The molecule has 1 fully saturated rings. The Kier molecular flexibility index (Phi) is 6.22. The first-order chi connectivity index (χ1) is 13.0. The number of nitrogens with zero attached hydrogens (tertiary/aromatic N) is 2. The van der Waals surface area contributed by atoms with E-state index in [1.165, 1.54) is 5.56 Å². The molecule has 5 nitrogen and oxygen atoms in total. The third-order valence-electron chi connectivity index (χ3n) is 5.63. The average molecular weight is 373 g/mol. The molecule has 3 rings (SSSR count). The molecule has 1 aliphatic rings. The molecule has 0 amide bonds. The van der Waals surface area contributed by atoms with E-state index in [1.807, 2.05) is 19.3 Å². The molecule has 1 saturated heterocycles. The van der Waals surface area contributed by atoms with Crippen LogP contribution in [0.5, 0.6) is 5.75 Å². The molecule has 1 aromatic carbocycles. The first-order valence-electron chi connectivity index (χ1n) is 9.97. The molecular formula is C22H32N2O3. The van der Waals surface area contributed by atoms with E-state index in [2.05, 4.69) is 42.5 Å². The first kappa shape index (κ1) is 19.9. The number of aliphatic hydroxyl groups is 1. The molecule has 1 aliphatic heterocycles. The fourth-order valence-corrected chi connectivity index (χ4v) is 3.88. The first-order valence-corrected chi connectivity index (χ1v) is 9.97. The van der Waals surface area contributed by atoms with Crippen molar-refractivity contribution in [2.75, 3.05) is 26.4 Å². The predicted octanol–water partition coefficient (Wildman–Crippen LogP) is 4.17. The topological polar surface area (TPSA) is 56.5 Å². The molecule has 27 heavy (non-hydrogen) atoms. The number of hydrogen-bond donors (Lipinski definition) is 1. The van der Waals surface area contributed by atoms with Crippen LogP contribution in [0.3, 0.4) is 0 Å². The fourth-order valence-electron chi connectivity index (χ4n) is 3.88. The second-order valence-corrected chi connectivity index (χ2v) is 7.94. The Hall–Kier alpha value is -1.85. The van der Waals surface area contributed by atoms with Crippen molar-refractivity contribution in [2.45, 2.75) is 53.0 Å². The zero-order valence-corrected chi connectivity index (χ0v) is 17.0. The lowest BCUT2D eigenvalue weighted by Gasteiger charge is -2.36. The van der Waals surface area contributed by atoms with E-state index < -0.39 is 0 Å².